The minimum Gasteiger partial charge on any atom is -0.335 e. The van der Waals surface area contributed by atoms with Crippen LogP contribution in [0.1, 0.15) is 48.6 Å². The number of benzene rings is 1. The molecule has 0 spiro atoms. The lowest BCUT2D eigenvalue weighted by molar-refractivity contribution is -0.137. The SMILES string of the molecule is O=C(NC1CCCCC1)N1CCS[C@@H]1c1ccc(C(F)(F)F)cc1. The van der Waals surface area contributed by atoms with E-state index in [1.54, 1.807) is 16.7 Å². The molecule has 7 heteroatoms. The first-order chi connectivity index (χ1) is 11.4. The van der Waals surface area contributed by atoms with Gasteiger partial charge < -0.3 is 10.2 Å². The highest BCUT2D eigenvalue weighted by molar-refractivity contribution is 7.99. The zero-order valence-corrected chi connectivity index (χ0v) is 14.1. The maximum absolute atomic E-state index is 12.7. The summed E-state index contributed by atoms with van der Waals surface area (Å²) in [6.45, 7) is 0.620. The molecule has 1 heterocycles. The van der Waals surface area contributed by atoms with Crippen LogP contribution < -0.4 is 5.32 Å². The van der Waals surface area contributed by atoms with Crippen LogP contribution in [0.3, 0.4) is 0 Å². The number of rotatable bonds is 2. The summed E-state index contributed by atoms with van der Waals surface area (Å²) in [5, 5.41) is 2.88. The Balaban J connectivity index is 1.67. The maximum Gasteiger partial charge on any atom is 0.416 e. The predicted octanol–water partition coefficient (Wildman–Crippen LogP) is 4.80. The van der Waals surface area contributed by atoms with E-state index in [-0.39, 0.29) is 17.4 Å². The zero-order chi connectivity index (χ0) is 17.2. The van der Waals surface area contributed by atoms with Crippen LogP contribution in [0.4, 0.5) is 18.0 Å². The molecule has 3 nitrogen and oxygen atoms in total. The number of halogens is 3. The van der Waals surface area contributed by atoms with Gasteiger partial charge in [0.25, 0.3) is 0 Å². The van der Waals surface area contributed by atoms with Crippen LogP contribution in [-0.2, 0) is 6.18 Å². The van der Waals surface area contributed by atoms with Crippen LogP contribution in [0, 0.1) is 0 Å². The summed E-state index contributed by atoms with van der Waals surface area (Å²) in [6.07, 6.45) is 1.19. The first-order valence-corrected chi connectivity index (χ1v) is 9.36. The van der Waals surface area contributed by atoms with Gasteiger partial charge in [-0.3, -0.25) is 0 Å². The number of carbonyl (C=O) groups is 1. The normalized spacial score (nSPS) is 22.6. The van der Waals surface area contributed by atoms with Crippen LogP contribution in [0.5, 0.6) is 0 Å². The third kappa shape index (κ3) is 3.99. The van der Waals surface area contributed by atoms with Crippen LogP contribution in [-0.4, -0.2) is 29.3 Å². The highest BCUT2D eigenvalue weighted by Gasteiger charge is 2.34. The molecule has 1 N–H and O–H groups in total. The number of carbonyl (C=O) groups excluding carboxylic acids is 1. The fraction of sp³-hybridized carbons (Fsp3) is 0.588. The van der Waals surface area contributed by atoms with Crippen LogP contribution in [0.2, 0.25) is 0 Å². The van der Waals surface area contributed by atoms with Gasteiger partial charge >= 0.3 is 12.2 Å². The van der Waals surface area contributed by atoms with E-state index < -0.39 is 11.7 Å². The second kappa shape index (κ2) is 7.25. The average Bonchev–Trinajstić information content (AvgIpc) is 3.05. The first kappa shape index (κ1) is 17.5. The molecule has 1 saturated carbocycles. The quantitative estimate of drug-likeness (QED) is 0.824. The molecule has 2 aliphatic rings. The number of thioether (sulfide) groups is 1. The Bertz CT molecular complexity index is 570. The molecule has 24 heavy (non-hydrogen) atoms. The molecule has 0 unspecified atom stereocenters. The highest BCUT2D eigenvalue weighted by Crippen LogP contribution is 2.39. The zero-order valence-electron chi connectivity index (χ0n) is 13.3. The Labute approximate surface area is 144 Å². The van der Waals surface area contributed by atoms with Gasteiger partial charge in [-0.2, -0.15) is 13.2 Å². The fourth-order valence-electron chi connectivity index (χ4n) is 3.30. The van der Waals surface area contributed by atoms with E-state index in [1.165, 1.54) is 18.6 Å². The molecule has 0 radical (unpaired) electrons. The minimum absolute atomic E-state index is 0.100. The second-order valence-electron chi connectivity index (χ2n) is 6.32. The standard InChI is InChI=1S/C17H21F3N2OS/c18-17(19,20)13-8-6-12(7-9-13)15-22(10-11-24-15)16(23)21-14-4-2-1-3-5-14/h6-9,14-15H,1-5,10-11H2,(H,21,23)/t15-/m1/s1. The van der Waals surface area contributed by atoms with Gasteiger partial charge in [-0.05, 0) is 30.5 Å². The molecule has 1 aromatic carbocycles. The van der Waals surface area contributed by atoms with E-state index in [9.17, 15) is 18.0 Å². The summed E-state index contributed by atoms with van der Waals surface area (Å²) in [7, 11) is 0. The summed E-state index contributed by atoms with van der Waals surface area (Å²) >= 11 is 1.59. The molecule has 132 valence electrons. The van der Waals surface area contributed by atoms with Crippen molar-refractivity contribution in [1.29, 1.82) is 0 Å². The number of nitrogens with one attached hydrogen (secondary N) is 1. The van der Waals surface area contributed by atoms with Gasteiger partial charge in [-0.25, -0.2) is 4.79 Å². The Morgan fingerprint density at radius 1 is 1.12 bits per heavy atom. The molecule has 3 rings (SSSR count). The Morgan fingerprint density at radius 2 is 1.79 bits per heavy atom. The van der Waals surface area contributed by atoms with Gasteiger partial charge in [0.05, 0.1) is 5.56 Å². The first-order valence-electron chi connectivity index (χ1n) is 8.31. The second-order valence-corrected chi connectivity index (χ2v) is 7.51. The molecule has 0 aromatic heterocycles. The molecular formula is C17H21F3N2OS. The topological polar surface area (TPSA) is 32.3 Å². The molecule has 1 aliphatic heterocycles. The third-order valence-corrected chi connectivity index (χ3v) is 5.87. The maximum atomic E-state index is 12.7. The van der Waals surface area contributed by atoms with E-state index in [0.717, 1.165) is 49.1 Å². The lowest BCUT2D eigenvalue weighted by Crippen LogP contribution is -2.45. The number of urea groups is 1. The van der Waals surface area contributed by atoms with Gasteiger partial charge in [-0.15, -0.1) is 11.8 Å². The molecule has 0 bridgehead atoms. The molecule has 1 aromatic rings. The van der Waals surface area contributed by atoms with E-state index in [2.05, 4.69) is 5.32 Å². The molecule has 2 amide bonds. The summed E-state index contributed by atoms with van der Waals surface area (Å²) in [5.74, 6) is 0.795. The number of hydrogen-bond acceptors (Lipinski definition) is 2. The largest absolute Gasteiger partial charge is 0.416 e. The smallest absolute Gasteiger partial charge is 0.335 e. The van der Waals surface area contributed by atoms with Crippen LogP contribution >= 0.6 is 11.8 Å². The number of amides is 2. The number of nitrogens with zero attached hydrogens (tertiary/aromatic N) is 1. The van der Waals surface area contributed by atoms with E-state index in [1.807, 2.05) is 0 Å². The van der Waals surface area contributed by atoms with Crippen LogP contribution in [0.15, 0.2) is 24.3 Å². The Kier molecular flexibility index (Phi) is 5.27. The van der Waals surface area contributed by atoms with Crippen molar-refractivity contribution in [3.05, 3.63) is 35.4 Å². The van der Waals surface area contributed by atoms with Gasteiger partial charge in [-0.1, -0.05) is 31.4 Å². The van der Waals surface area contributed by atoms with Crippen molar-refractivity contribution in [2.75, 3.05) is 12.3 Å². The Morgan fingerprint density at radius 3 is 2.42 bits per heavy atom. The van der Waals surface area contributed by atoms with Crippen molar-refractivity contribution >= 4 is 17.8 Å². The van der Waals surface area contributed by atoms with E-state index >= 15 is 0 Å². The van der Waals surface area contributed by atoms with Crippen molar-refractivity contribution in [2.45, 2.75) is 49.7 Å². The van der Waals surface area contributed by atoms with Gasteiger partial charge in [0.2, 0.25) is 0 Å². The Hall–Kier alpha value is -1.37. The average molecular weight is 358 g/mol. The van der Waals surface area contributed by atoms with Crippen molar-refractivity contribution in [3.63, 3.8) is 0 Å². The third-order valence-electron chi connectivity index (χ3n) is 4.61. The lowest BCUT2D eigenvalue weighted by atomic mass is 9.96. The molecule has 1 atom stereocenters. The van der Waals surface area contributed by atoms with Crippen molar-refractivity contribution < 1.29 is 18.0 Å². The minimum atomic E-state index is -4.33. The molecule has 2 fully saturated rings. The molecule has 1 saturated heterocycles. The fourth-order valence-corrected chi connectivity index (χ4v) is 4.55. The monoisotopic (exact) mass is 358 g/mol. The lowest BCUT2D eigenvalue weighted by Gasteiger charge is -2.29. The summed E-state index contributed by atoms with van der Waals surface area (Å²) in [4.78, 5) is 14.3. The summed E-state index contributed by atoms with van der Waals surface area (Å²) < 4.78 is 38.0. The van der Waals surface area contributed by atoms with Crippen molar-refractivity contribution in [1.82, 2.24) is 10.2 Å². The highest BCUT2D eigenvalue weighted by atomic mass is 32.2. The predicted molar refractivity (Wildman–Crippen MR) is 88.8 cm³/mol. The van der Waals surface area contributed by atoms with Gasteiger partial charge in [0, 0.05) is 18.3 Å². The van der Waals surface area contributed by atoms with E-state index in [4.69, 9.17) is 0 Å². The van der Waals surface area contributed by atoms with Crippen molar-refractivity contribution in [2.24, 2.45) is 0 Å². The molecular weight excluding hydrogens is 337 g/mol. The van der Waals surface area contributed by atoms with Gasteiger partial charge in [0.1, 0.15) is 5.37 Å². The molecule has 1 aliphatic carbocycles. The van der Waals surface area contributed by atoms with Crippen LogP contribution in [0.25, 0.3) is 0 Å². The van der Waals surface area contributed by atoms with Gasteiger partial charge in [0.15, 0.2) is 0 Å². The number of alkyl halides is 3. The van der Waals surface area contributed by atoms with Crippen molar-refractivity contribution in [3.8, 4) is 0 Å². The summed E-state index contributed by atoms with van der Waals surface area (Å²) in [6, 6.07) is 5.26. The summed E-state index contributed by atoms with van der Waals surface area (Å²) in [5.41, 5.74) is 0.0803. The van der Waals surface area contributed by atoms with E-state index in [0.29, 0.717) is 6.54 Å². The number of hydrogen-bond donors (Lipinski definition) is 1.